The lowest BCUT2D eigenvalue weighted by Gasteiger charge is -2.18. The number of hydrogen-bond donors (Lipinski definition) is 1. The van der Waals surface area contributed by atoms with E-state index >= 15 is 0 Å². The van der Waals surface area contributed by atoms with Crippen molar-refractivity contribution in [1.82, 2.24) is 10.3 Å². The molecule has 0 aliphatic heterocycles. The molecule has 0 atom stereocenters. The highest BCUT2D eigenvalue weighted by molar-refractivity contribution is 5.83. The maximum atomic E-state index is 11.3. The van der Waals surface area contributed by atoms with E-state index in [0.29, 0.717) is 0 Å². The van der Waals surface area contributed by atoms with Crippen LogP contribution in [0.15, 0.2) is 5.10 Å². The van der Waals surface area contributed by atoms with Gasteiger partial charge in [-0.1, -0.05) is 0 Å². The Kier molecular flexibility index (Phi) is 6.03. The van der Waals surface area contributed by atoms with Crippen molar-refractivity contribution in [2.24, 2.45) is 5.10 Å². The quantitative estimate of drug-likeness (QED) is 0.591. The molecule has 0 heterocycles. The predicted octanol–water partition coefficient (Wildman–Crippen LogP) is 1.84. The number of rotatable bonds is 4. The van der Waals surface area contributed by atoms with E-state index in [9.17, 15) is 4.79 Å². The molecule has 0 bridgehead atoms. The van der Waals surface area contributed by atoms with Gasteiger partial charge in [-0.2, -0.15) is 5.10 Å². The lowest BCUT2D eigenvalue weighted by atomic mass is 10.2. The van der Waals surface area contributed by atoms with Crippen molar-refractivity contribution in [3.8, 4) is 0 Å². The monoisotopic (exact) mass is 229 g/mol. The number of ether oxygens (including phenoxy) is 1. The molecule has 0 aromatic heterocycles. The summed E-state index contributed by atoms with van der Waals surface area (Å²) >= 11 is 0. The Bertz CT molecular complexity index is 254. The molecular formula is C11H23N3O2. The van der Waals surface area contributed by atoms with Gasteiger partial charge in [0.25, 0.3) is 0 Å². The molecule has 0 unspecified atom stereocenters. The Balaban J connectivity index is 3.93. The maximum Gasteiger partial charge on any atom is 0.428 e. The SMILES string of the molecule is C/C(CCN(C)C)=N/NC(=O)OC(C)(C)C. The fourth-order valence-corrected chi connectivity index (χ4v) is 0.883. The van der Waals surface area contributed by atoms with Gasteiger partial charge in [0.05, 0.1) is 0 Å². The zero-order chi connectivity index (χ0) is 12.8. The molecule has 0 aromatic rings. The number of carbonyl (C=O) groups is 1. The minimum Gasteiger partial charge on any atom is -0.443 e. The smallest absolute Gasteiger partial charge is 0.428 e. The first-order valence-electron chi connectivity index (χ1n) is 5.37. The van der Waals surface area contributed by atoms with Crippen LogP contribution < -0.4 is 5.43 Å². The van der Waals surface area contributed by atoms with E-state index in [1.807, 2.05) is 41.8 Å². The molecule has 0 aliphatic rings. The lowest BCUT2D eigenvalue weighted by Crippen LogP contribution is -2.30. The zero-order valence-electron chi connectivity index (χ0n) is 11.1. The van der Waals surface area contributed by atoms with Gasteiger partial charge in [0.15, 0.2) is 0 Å². The normalized spacial score (nSPS) is 12.8. The first kappa shape index (κ1) is 14.9. The van der Waals surface area contributed by atoms with Crippen molar-refractivity contribution in [2.45, 2.75) is 39.7 Å². The van der Waals surface area contributed by atoms with E-state index in [0.717, 1.165) is 18.7 Å². The third-order valence-electron chi connectivity index (χ3n) is 1.66. The van der Waals surface area contributed by atoms with Crippen LogP contribution in [0.25, 0.3) is 0 Å². The van der Waals surface area contributed by atoms with Crippen LogP contribution in [0.2, 0.25) is 0 Å². The highest BCUT2D eigenvalue weighted by Crippen LogP contribution is 2.06. The Hall–Kier alpha value is -1.10. The average Bonchev–Trinajstić information content (AvgIpc) is 2.08. The molecule has 0 fully saturated rings. The minimum absolute atomic E-state index is 0.489. The van der Waals surface area contributed by atoms with Crippen LogP contribution in [0.4, 0.5) is 4.79 Å². The number of carbonyl (C=O) groups excluding carboxylic acids is 1. The summed E-state index contributed by atoms with van der Waals surface area (Å²) < 4.78 is 5.05. The Morgan fingerprint density at radius 2 is 1.94 bits per heavy atom. The third-order valence-corrected chi connectivity index (χ3v) is 1.66. The molecule has 94 valence electrons. The van der Waals surface area contributed by atoms with Crippen LogP contribution in [0.3, 0.4) is 0 Å². The molecule has 5 heteroatoms. The summed E-state index contributed by atoms with van der Waals surface area (Å²) in [5.74, 6) is 0. The Morgan fingerprint density at radius 3 is 2.38 bits per heavy atom. The molecule has 0 saturated heterocycles. The number of amides is 1. The zero-order valence-corrected chi connectivity index (χ0v) is 11.1. The summed E-state index contributed by atoms with van der Waals surface area (Å²) in [6.45, 7) is 8.23. The van der Waals surface area contributed by atoms with Crippen LogP contribution in [0.1, 0.15) is 34.1 Å². The van der Waals surface area contributed by atoms with Gasteiger partial charge in [0.1, 0.15) is 5.60 Å². The summed E-state index contributed by atoms with van der Waals surface area (Å²) in [4.78, 5) is 13.3. The topological polar surface area (TPSA) is 53.9 Å². The molecule has 0 saturated carbocycles. The predicted molar refractivity (Wildman–Crippen MR) is 65.6 cm³/mol. The van der Waals surface area contributed by atoms with E-state index in [1.165, 1.54) is 0 Å². The van der Waals surface area contributed by atoms with Crippen LogP contribution >= 0.6 is 0 Å². The van der Waals surface area contributed by atoms with Crippen molar-refractivity contribution >= 4 is 11.8 Å². The van der Waals surface area contributed by atoms with Gasteiger partial charge in [-0.05, 0) is 48.2 Å². The fraction of sp³-hybridized carbons (Fsp3) is 0.818. The minimum atomic E-state index is -0.517. The average molecular weight is 229 g/mol. The van der Waals surface area contributed by atoms with E-state index in [4.69, 9.17) is 4.74 Å². The molecule has 0 rings (SSSR count). The third kappa shape index (κ3) is 9.45. The molecule has 0 aromatic carbocycles. The molecule has 16 heavy (non-hydrogen) atoms. The van der Waals surface area contributed by atoms with Gasteiger partial charge in [0, 0.05) is 12.3 Å². The van der Waals surface area contributed by atoms with Gasteiger partial charge in [-0.25, -0.2) is 10.2 Å². The van der Waals surface area contributed by atoms with Crippen molar-refractivity contribution < 1.29 is 9.53 Å². The van der Waals surface area contributed by atoms with Crippen molar-refractivity contribution in [2.75, 3.05) is 20.6 Å². The summed E-state index contributed by atoms with van der Waals surface area (Å²) in [6.07, 6.45) is 0.305. The second-order valence-corrected chi connectivity index (χ2v) is 5.01. The largest absolute Gasteiger partial charge is 0.443 e. The number of hydrazone groups is 1. The van der Waals surface area contributed by atoms with Gasteiger partial charge in [-0.15, -0.1) is 0 Å². The van der Waals surface area contributed by atoms with E-state index in [-0.39, 0.29) is 0 Å². The van der Waals surface area contributed by atoms with Gasteiger partial charge >= 0.3 is 6.09 Å². The van der Waals surface area contributed by atoms with Crippen LogP contribution in [0.5, 0.6) is 0 Å². The maximum absolute atomic E-state index is 11.3. The molecule has 1 amide bonds. The number of nitrogens with one attached hydrogen (secondary N) is 1. The van der Waals surface area contributed by atoms with E-state index in [2.05, 4.69) is 15.4 Å². The molecular weight excluding hydrogens is 206 g/mol. The van der Waals surface area contributed by atoms with Crippen LogP contribution in [-0.4, -0.2) is 42.9 Å². The van der Waals surface area contributed by atoms with Gasteiger partial charge < -0.3 is 9.64 Å². The van der Waals surface area contributed by atoms with Crippen LogP contribution in [-0.2, 0) is 4.74 Å². The molecule has 1 N–H and O–H groups in total. The highest BCUT2D eigenvalue weighted by Gasteiger charge is 2.15. The highest BCUT2D eigenvalue weighted by atomic mass is 16.6. The van der Waals surface area contributed by atoms with Gasteiger partial charge in [-0.3, -0.25) is 0 Å². The van der Waals surface area contributed by atoms with Gasteiger partial charge in [0.2, 0.25) is 0 Å². The van der Waals surface area contributed by atoms with Crippen molar-refractivity contribution in [3.63, 3.8) is 0 Å². The molecule has 0 radical (unpaired) electrons. The fourth-order valence-electron chi connectivity index (χ4n) is 0.883. The van der Waals surface area contributed by atoms with Crippen LogP contribution in [0, 0.1) is 0 Å². The second-order valence-electron chi connectivity index (χ2n) is 5.01. The van der Waals surface area contributed by atoms with E-state index < -0.39 is 11.7 Å². The first-order chi connectivity index (χ1) is 7.20. The number of hydrogen-bond acceptors (Lipinski definition) is 4. The second kappa shape index (κ2) is 6.48. The standard InChI is InChI=1S/C11H23N3O2/c1-9(7-8-14(5)6)12-13-10(15)16-11(2,3)4/h7-8H2,1-6H3,(H,13,15)/b12-9-. The summed E-state index contributed by atoms with van der Waals surface area (Å²) in [6, 6.07) is 0. The summed E-state index contributed by atoms with van der Waals surface area (Å²) in [7, 11) is 3.99. The summed E-state index contributed by atoms with van der Waals surface area (Å²) in [5, 5.41) is 3.95. The Morgan fingerprint density at radius 1 is 1.38 bits per heavy atom. The molecule has 5 nitrogen and oxygen atoms in total. The van der Waals surface area contributed by atoms with Crippen molar-refractivity contribution in [1.29, 1.82) is 0 Å². The van der Waals surface area contributed by atoms with Crippen molar-refractivity contribution in [3.05, 3.63) is 0 Å². The Labute approximate surface area is 97.8 Å². The first-order valence-corrected chi connectivity index (χ1v) is 5.37. The van der Waals surface area contributed by atoms with E-state index in [1.54, 1.807) is 0 Å². The summed E-state index contributed by atoms with van der Waals surface area (Å²) in [5.41, 5.74) is 2.76. The molecule has 0 spiro atoms. The lowest BCUT2D eigenvalue weighted by molar-refractivity contribution is 0.0529. The number of nitrogens with zero attached hydrogens (tertiary/aromatic N) is 2. The molecule has 0 aliphatic carbocycles.